The van der Waals surface area contributed by atoms with Gasteiger partial charge in [-0.3, -0.25) is 9.69 Å². The average molecular weight is 552 g/mol. The number of fused-ring (bicyclic) bond motifs is 1. The molecule has 1 heterocycles. The Bertz CT molecular complexity index is 1150. The molecule has 0 spiro atoms. The molecule has 5 N–H and O–H groups in total. The molecule has 1 amide bonds. The number of phenolic OH excluding ortho intramolecular Hbond substituents is 1. The number of amides is 1. The van der Waals surface area contributed by atoms with Crippen molar-refractivity contribution in [2.45, 2.75) is 58.9 Å². The van der Waals surface area contributed by atoms with Crippen LogP contribution in [0, 0.1) is 25.7 Å². The number of phenols is 1. The molecule has 4 rings (SSSR count). The van der Waals surface area contributed by atoms with Gasteiger partial charge in [-0.15, -0.1) is 0 Å². The molecule has 39 heavy (non-hydrogen) atoms. The number of benzene rings is 2. The summed E-state index contributed by atoms with van der Waals surface area (Å²) in [4.78, 5) is 24.2. The first kappa shape index (κ1) is 30.2. The summed E-state index contributed by atoms with van der Waals surface area (Å²) in [6.07, 6.45) is -3.25. The molecule has 1 saturated heterocycles. The topological polar surface area (TPSA) is 125 Å². The first-order valence-electron chi connectivity index (χ1n) is 12.9. The molecular weight excluding hydrogens is 515 g/mol. The van der Waals surface area contributed by atoms with Gasteiger partial charge in [-0.2, -0.15) is 13.2 Å². The zero-order valence-corrected chi connectivity index (χ0v) is 22.3. The second-order valence-electron chi connectivity index (χ2n) is 10.2. The van der Waals surface area contributed by atoms with Crippen molar-refractivity contribution in [2.75, 3.05) is 19.7 Å². The van der Waals surface area contributed by atoms with Gasteiger partial charge in [0.05, 0.1) is 12.6 Å². The van der Waals surface area contributed by atoms with Gasteiger partial charge in [0.15, 0.2) is 0 Å². The summed E-state index contributed by atoms with van der Waals surface area (Å²) in [6.45, 7) is 10.1. The number of aromatic hydroxyl groups is 1. The molecule has 1 aliphatic carbocycles. The van der Waals surface area contributed by atoms with Crippen LogP contribution in [0.1, 0.15) is 41.2 Å². The van der Waals surface area contributed by atoms with E-state index in [0.717, 1.165) is 46.4 Å². The standard InChI is InChI=1S/C26H35N3O3.C2HF3O2/c1-4-32-25-6-5-18(13-29-14-20-10-21(20)15-29)9-19(25)12-28-26(31)24(27)11-23-16(2)7-22(30)8-17(23)3;3-2(4,5)1(6)7/h5-9,20-21,24,30H,4,10-15,27H2,1-3H3,(H,28,31);(H,6,7)/t20?,21?,24-;/m0./s1. The summed E-state index contributed by atoms with van der Waals surface area (Å²) < 4.78 is 37.5. The van der Waals surface area contributed by atoms with E-state index in [2.05, 4.69) is 22.3 Å². The van der Waals surface area contributed by atoms with Crippen LogP contribution in [0.25, 0.3) is 0 Å². The maximum absolute atomic E-state index is 12.7. The Morgan fingerprint density at radius 2 is 1.74 bits per heavy atom. The molecule has 2 aromatic carbocycles. The number of likely N-dealkylation sites (tertiary alicyclic amines) is 1. The zero-order valence-electron chi connectivity index (χ0n) is 22.3. The number of rotatable bonds is 9. The molecule has 2 aromatic rings. The number of halogens is 3. The van der Waals surface area contributed by atoms with Gasteiger partial charge < -0.3 is 26.0 Å². The summed E-state index contributed by atoms with van der Waals surface area (Å²) in [5.74, 6) is -0.0786. The van der Waals surface area contributed by atoms with Gasteiger partial charge in [0.25, 0.3) is 0 Å². The molecule has 2 fully saturated rings. The minimum atomic E-state index is -5.08. The fourth-order valence-electron chi connectivity index (χ4n) is 4.97. The van der Waals surface area contributed by atoms with Crippen molar-refractivity contribution >= 4 is 11.9 Å². The third kappa shape index (κ3) is 8.59. The SMILES string of the molecule is CCOc1ccc(CN2CC3CC3C2)cc1CNC(=O)[C@@H](N)Cc1c(C)cc(O)cc1C.O=C(O)C(F)(F)F. The van der Waals surface area contributed by atoms with Gasteiger partial charge in [-0.25, -0.2) is 4.79 Å². The largest absolute Gasteiger partial charge is 0.508 e. The molecule has 1 saturated carbocycles. The number of hydrogen-bond acceptors (Lipinski definition) is 6. The number of piperidine rings is 1. The van der Waals surface area contributed by atoms with Gasteiger partial charge >= 0.3 is 12.1 Å². The van der Waals surface area contributed by atoms with Gasteiger partial charge in [-0.1, -0.05) is 6.07 Å². The molecule has 0 bridgehead atoms. The van der Waals surface area contributed by atoms with Crippen molar-refractivity contribution < 1.29 is 37.7 Å². The lowest BCUT2D eigenvalue weighted by molar-refractivity contribution is -0.192. The quantitative estimate of drug-likeness (QED) is 0.375. The maximum atomic E-state index is 12.7. The van der Waals surface area contributed by atoms with E-state index in [1.165, 1.54) is 25.1 Å². The Balaban J connectivity index is 0.000000532. The highest BCUT2D eigenvalue weighted by molar-refractivity contribution is 5.82. The number of alkyl halides is 3. The van der Waals surface area contributed by atoms with E-state index in [-0.39, 0.29) is 11.7 Å². The third-order valence-corrected chi connectivity index (χ3v) is 7.02. The van der Waals surface area contributed by atoms with Crippen molar-refractivity contribution in [1.29, 1.82) is 0 Å². The third-order valence-electron chi connectivity index (χ3n) is 7.02. The summed E-state index contributed by atoms with van der Waals surface area (Å²) in [5.41, 5.74) is 11.3. The van der Waals surface area contributed by atoms with E-state index in [4.69, 9.17) is 20.4 Å². The van der Waals surface area contributed by atoms with E-state index in [9.17, 15) is 23.1 Å². The lowest BCUT2D eigenvalue weighted by Gasteiger charge is -2.20. The van der Waals surface area contributed by atoms with Gasteiger partial charge in [0.2, 0.25) is 5.91 Å². The molecule has 11 heteroatoms. The first-order chi connectivity index (χ1) is 18.3. The summed E-state index contributed by atoms with van der Waals surface area (Å²) in [6, 6.07) is 9.04. The number of ether oxygens (including phenoxy) is 1. The highest BCUT2D eigenvalue weighted by atomic mass is 19.4. The van der Waals surface area contributed by atoms with Crippen molar-refractivity contribution in [2.24, 2.45) is 17.6 Å². The van der Waals surface area contributed by atoms with Crippen molar-refractivity contribution in [3.8, 4) is 11.5 Å². The molecule has 1 aliphatic heterocycles. The number of carbonyl (C=O) groups is 2. The summed E-state index contributed by atoms with van der Waals surface area (Å²) in [7, 11) is 0. The lowest BCUT2D eigenvalue weighted by atomic mass is 9.96. The minimum Gasteiger partial charge on any atom is -0.508 e. The van der Waals surface area contributed by atoms with Gasteiger partial charge in [0.1, 0.15) is 11.5 Å². The second kappa shape index (κ2) is 12.7. The number of hydrogen-bond donors (Lipinski definition) is 4. The Morgan fingerprint density at radius 1 is 1.15 bits per heavy atom. The van der Waals surface area contributed by atoms with E-state index >= 15 is 0 Å². The average Bonchev–Trinajstić information content (AvgIpc) is 3.46. The number of carboxylic acids is 1. The number of carboxylic acid groups (broad SMARTS) is 1. The Kier molecular flexibility index (Phi) is 9.84. The molecule has 2 unspecified atom stereocenters. The number of aliphatic carboxylic acids is 1. The fraction of sp³-hybridized carbons (Fsp3) is 0.500. The van der Waals surface area contributed by atoms with Crippen LogP contribution >= 0.6 is 0 Å². The van der Waals surface area contributed by atoms with E-state index < -0.39 is 18.2 Å². The summed E-state index contributed by atoms with van der Waals surface area (Å²) in [5, 5.41) is 19.9. The number of nitrogens with one attached hydrogen (secondary N) is 1. The van der Waals surface area contributed by atoms with Crippen molar-refractivity contribution in [3.63, 3.8) is 0 Å². The number of aryl methyl sites for hydroxylation is 2. The lowest BCUT2D eigenvalue weighted by Crippen LogP contribution is -2.42. The maximum Gasteiger partial charge on any atom is 0.490 e. The molecule has 8 nitrogen and oxygen atoms in total. The molecule has 2 aliphatic rings. The van der Waals surface area contributed by atoms with E-state index in [1.807, 2.05) is 26.8 Å². The molecular formula is C28H36F3N3O5. The van der Waals surface area contributed by atoms with Crippen LogP contribution in [-0.2, 0) is 29.1 Å². The minimum absolute atomic E-state index is 0.190. The predicted octanol–water partition coefficient (Wildman–Crippen LogP) is 3.68. The van der Waals surface area contributed by atoms with Crippen LogP contribution in [-0.4, -0.2) is 58.9 Å². The molecule has 214 valence electrons. The molecule has 3 atom stereocenters. The Labute approximate surface area is 225 Å². The van der Waals surface area contributed by atoms with Crippen LogP contribution in [0.2, 0.25) is 0 Å². The Morgan fingerprint density at radius 3 is 2.28 bits per heavy atom. The second-order valence-corrected chi connectivity index (χ2v) is 10.2. The van der Waals surface area contributed by atoms with Crippen LogP contribution in [0.5, 0.6) is 11.5 Å². The predicted molar refractivity (Wildman–Crippen MR) is 139 cm³/mol. The van der Waals surface area contributed by atoms with E-state index in [0.29, 0.717) is 19.6 Å². The van der Waals surface area contributed by atoms with Crippen molar-refractivity contribution in [1.82, 2.24) is 10.2 Å². The van der Waals surface area contributed by atoms with E-state index in [1.54, 1.807) is 12.1 Å². The number of carbonyl (C=O) groups excluding carboxylic acids is 1. The Hall–Kier alpha value is -3.31. The van der Waals surface area contributed by atoms with Crippen LogP contribution in [0.15, 0.2) is 30.3 Å². The van der Waals surface area contributed by atoms with Gasteiger partial charge in [-0.05, 0) is 92.0 Å². The van der Waals surface area contributed by atoms with Crippen LogP contribution in [0.3, 0.4) is 0 Å². The molecule has 0 aromatic heterocycles. The van der Waals surface area contributed by atoms with Crippen molar-refractivity contribution in [3.05, 3.63) is 58.1 Å². The normalized spacial score (nSPS) is 18.9. The molecule has 0 radical (unpaired) electrons. The van der Waals surface area contributed by atoms with Crippen LogP contribution in [0.4, 0.5) is 13.2 Å². The zero-order chi connectivity index (χ0) is 28.9. The van der Waals surface area contributed by atoms with Gasteiger partial charge in [0, 0.05) is 31.7 Å². The number of nitrogens with zero attached hydrogens (tertiary/aromatic N) is 1. The van der Waals surface area contributed by atoms with Crippen LogP contribution < -0.4 is 15.8 Å². The fourth-order valence-corrected chi connectivity index (χ4v) is 4.97. The smallest absolute Gasteiger partial charge is 0.490 e. The summed E-state index contributed by atoms with van der Waals surface area (Å²) >= 11 is 0. The first-order valence-corrected chi connectivity index (χ1v) is 12.9. The number of nitrogens with two attached hydrogens (primary N) is 1. The highest BCUT2D eigenvalue weighted by Crippen LogP contribution is 2.45. The highest BCUT2D eigenvalue weighted by Gasteiger charge is 2.44. The monoisotopic (exact) mass is 551 g/mol.